The Bertz CT molecular complexity index is 684. The number of hydrogen-bond acceptors (Lipinski definition) is 2. The summed E-state index contributed by atoms with van der Waals surface area (Å²) in [7, 11) is 0. The molecule has 0 saturated heterocycles. The van der Waals surface area contributed by atoms with Gasteiger partial charge in [0.1, 0.15) is 0 Å². The first-order chi connectivity index (χ1) is 10.1. The molecule has 0 aliphatic heterocycles. The van der Waals surface area contributed by atoms with Crippen LogP contribution in [0.25, 0.3) is 6.08 Å². The van der Waals surface area contributed by atoms with Crippen LogP contribution in [0.3, 0.4) is 0 Å². The summed E-state index contributed by atoms with van der Waals surface area (Å²) in [5.41, 5.74) is 2.15. The molecule has 0 heterocycles. The predicted octanol–water partition coefficient (Wildman–Crippen LogP) is 4.14. The minimum absolute atomic E-state index is 0.0666. The van der Waals surface area contributed by atoms with Crippen LogP contribution in [0.1, 0.15) is 11.1 Å². The lowest BCUT2D eigenvalue weighted by molar-refractivity contribution is -0.111. The SMILES string of the molecule is O=C(/C=C/c1ccc(Cl)c(Cl)c1)Nc1cccc(CO)c1. The Hall–Kier alpha value is -1.81. The van der Waals surface area contributed by atoms with E-state index < -0.39 is 0 Å². The van der Waals surface area contributed by atoms with Gasteiger partial charge in [0.15, 0.2) is 0 Å². The quantitative estimate of drug-likeness (QED) is 0.831. The van der Waals surface area contributed by atoms with E-state index in [-0.39, 0.29) is 12.5 Å². The average molecular weight is 322 g/mol. The molecule has 2 aromatic rings. The molecule has 0 atom stereocenters. The monoisotopic (exact) mass is 321 g/mol. The number of carbonyl (C=O) groups is 1. The van der Waals surface area contributed by atoms with E-state index >= 15 is 0 Å². The highest BCUT2D eigenvalue weighted by molar-refractivity contribution is 6.42. The molecular formula is C16H13Cl2NO2. The van der Waals surface area contributed by atoms with Crippen LogP contribution in [-0.4, -0.2) is 11.0 Å². The van der Waals surface area contributed by atoms with Gasteiger partial charge in [-0.05, 0) is 41.5 Å². The summed E-state index contributed by atoms with van der Waals surface area (Å²) < 4.78 is 0. The first kappa shape index (κ1) is 15.6. The molecule has 2 N–H and O–H groups in total. The molecule has 0 fully saturated rings. The molecular weight excluding hydrogens is 309 g/mol. The molecule has 0 unspecified atom stereocenters. The fourth-order valence-electron chi connectivity index (χ4n) is 1.72. The zero-order valence-corrected chi connectivity index (χ0v) is 12.5. The van der Waals surface area contributed by atoms with Crippen molar-refractivity contribution in [3.8, 4) is 0 Å². The van der Waals surface area contributed by atoms with Gasteiger partial charge in [0.2, 0.25) is 5.91 Å². The van der Waals surface area contributed by atoms with Crippen molar-refractivity contribution in [1.29, 1.82) is 0 Å². The van der Waals surface area contributed by atoms with Crippen molar-refractivity contribution in [3.05, 3.63) is 69.7 Å². The molecule has 2 aromatic carbocycles. The summed E-state index contributed by atoms with van der Waals surface area (Å²) in [4.78, 5) is 11.8. The van der Waals surface area contributed by atoms with E-state index in [4.69, 9.17) is 28.3 Å². The van der Waals surface area contributed by atoms with Gasteiger partial charge in [0.25, 0.3) is 0 Å². The van der Waals surface area contributed by atoms with Gasteiger partial charge in [-0.25, -0.2) is 0 Å². The first-order valence-electron chi connectivity index (χ1n) is 6.22. The van der Waals surface area contributed by atoms with Crippen LogP contribution in [-0.2, 0) is 11.4 Å². The summed E-state index contributed by atoms with van der Waals surface area (Å²) in [6.07, 6.45) is 3.05. The normalized spacial score (nSPS) is 10.8. The Kier molecular flexibility index (Phi) is 5.39. The molecule has 0 spiro atoms. The number of aliphatic hydroxyl groups excluding tert-OH is 1. The fraction of sp³-hybridized carbons (Fsp3) is 0.0625. The number of aliphatic hydroxyl groups is 1. The predicted molar refractivity (Wildman–Crippen MR) is 86.5 cm³/mol. The molecule has 1 amide bonds. The van der Waals surface area contributed by atoms with Crippen LogP contribution in [0.15, 0.2) is 48.5 Å². The highest BCUT2D eigenvalue weighted by Crippen LogP contribution is 2.23. The molecule has 0 radical (unpaired) electrons. The lowest BCUT2D eigenvalue weighted by atomic mass is 10.2. The molecule has 5 heteroatoms. The van der Waals surface area contributed by atoms with Crippen molar-refractivity contribution in [3.63, 3.8) is 0 Å². The first-order valence-corrected chi connectivity index (χ1v) is 6.98. The Morgan fingerprint density at radius 2 is 1.95 bits per heavy atom. The van der Waals surface area contributed by atoms with E-state index in [0.29, 0.717) is 15.7 Å². The number of nitrogens with one attached hydrogen (secondary N) is 1. The molecule has 0 aliphatic rings. The Morgan fingerprint density at radius 3 is 2.67 bits per heavy atom. The molecule has 108 valence electrons. The summed E-state index contributed by atoms with van der Waals surface area (Å²) in [5, 5.41) is 12.7. The Labute approximate surface area is 132 Å². The lowest BCUT2D eigenvalue weighted by Gasteiger charge is -2.04. The number of amides is 1. The smallest absolute Gasteiger partial charge is 0.248 e. The topological polar surface area (TPSA) is 49.3 Å². The zero-order valence-electron chi connectivity index (χ0n) is 11.0. The van der Waals surface area contributed by atoms with Gasteiger partial charge in [-0.1, -0.05) is 41.4 Å². The maximum absolute atomic E-state index is 11.8. The van der Waals surface area contributed by atoms with Gasteiger partial charge >= 0.3 is 0 Å². The highest BCUT2D eigenvalue weighted by atomic mass is 35.5. The summed E-state index contributed by atoms with van der Waals surface area (Å²) in [6.45, 7) is -0.0666. The number of halogens is 2. The van der Waals surface area contributed by atoms with Gasteiger partial charge in [0, 0.05) is 11.8 Å². The minimum Gasteiger partial charge on any atom is -0.392 e. The van der Waals surface area contributed by atoms with Crippen LogP contribution < -0.4 is 5.32 Å². The third-order valence-electron chi connectivity index (χ3n) is 2.75. The van der Waals surface area contributed by atoms with Crippen molar-refractivity contribution in [2.45, 2.75) is 6.61 Å². The van der Waals surface area contributed by atoms with Crippen LogP contribution in [0, 0.1) is 0 Å². The number of anilines is 1. The Morgan fingerprint density at radius 1 is 1.14 bits per heavy atom. The second-order valence-corrected chi connectivity index (χ2v) is 5.17. The fourth-order valence-corrected chi connectivity index (χ4v) is 2.03. The zero-order chi connectivity index (χ0) is 15.2. The van der Waals surface area contributed by atoms with Crippen molar-refractivity contribution in [1.82, 2.24) is 0 Å². The molecule has 21 heavy (non-hydrogen) atoms. The molecule has 0 aromatic heterocycles. The van der Waals surface area contributed by atoms with E-state index in [1.165, 1.54) is 6.08 Å². The molecule has 3 nitrogen and oxygen atoms in total. The number of hydrogen-bond donors (Lipinski definition) is 2. The Balaban J connectivity index is 2.03. The molecule has 2 rings (SSSR count). The second kappa shape index (κ2) is 7.27. The number of benzene rings is 2. The average Bonchev–Trinajstić information content (AvgIpc) is 2.48. The van der Waals surface area contributed by atoms with E-state index in [1.54, 1.807) is 48.5 Å². The number of rotatable bonds is 4. The standard InChI is InChI=1S/C16H13Cl2NO2/c17-14-6-4-11(9-15(14)18)5-7-16(21)19-13-3-1-2-12(8-13)10-20/h1-9,20H,10H2,(H,19,21)/b7-5+. The highest BCUT2D eigenvalue weighted by Gasteiger charge is 2.00. The van der Waals surface area contributed by atoms with Crippen LogP contribution >= 0.6 is 23.2 Å². The van der Waals surface area contributed by atoms with E-state index in [1.807, 2.05) is 0 Å². The van der Waals surface area contributed by atoms with Crippen LogP contribution in [0.2, 0.25) is 10.0 Å². The maximum Gasteiger partial charge on any atom is 0.248 e. The van der Waals surface area contributed by atoms with Gasteiger partial charge in [-0.3, -0.25) is 4.79 Å². The van der Waals surface area contributed by atoms with Crippen molar-refractivity contribution < 1.29 is 9.90 Å². The minimum atomic E-state index is -0.267. The largest absolute Gasteiger partial charge is 0.392 e. The second-order valence-electron chi connectivity index (χ2n) is 4.35. The van der Waals surface area contributed by atoms with Crippen LogP contribution in [0.5, 0.6) is 0 Å². The van der Waals surface area contributed by atoms with Gasteiger partial charge < -0.3 is 10.4 Å². The van der Waals surface area contributed by atoms with Gasteiger partial charge in [-0.15, -0.1) is 0 Å². The summed E-state index contributed by atoms with van der Waals surface area (Å²) in [6, 6.07) is 12.1. The van der Waals surface area contributed by atoms with Crippen molar-refractivity contribution in [2.75, 3.05) is 5.32 Å². The molecule has 0 bridgehead atoms. The third-order valence-corrected chi connectivity index (χ3v) is 3.49. The molecule has 0 aliphatic carbocycles. The third kappa shape index (κ3) is 4.60. The molecule has 0 saturated carbocycles. The lowest BCUT2D eigenvalue weighted by Crippen LogP contribution is -2.07. The van der Waals surface area contributed by atoms with Crippen molar-refractivity contribution in [2.24, 2.45) is 0 Å². The number of carbonyl (C=O) groups excluding carboxylic acids is 1. The van der Waals surface area contributed by atoms with E-state index in [0.717, 1.165) is 11.1 Å². The summed E-state index contributed by atoms with van der Waals surface area (Å²) >= 11 is 11.7. The van der Waals surface area contributed by atoms with Gasteiger partial charge in [0.05, 0.1) is 16.7 Å². The summed E-state index contributed by atoms with van der Waals surface area (Å²) in [5.74, 6) is -0.267. The van der Waals surface area contributed by atoms with Gasteiger partial charge in [-0.2, -0.15) is 0 Å². The van der Waals surface area contributed by atoms with E-state index in [2.05, 4.69) is 5.32 Å². The van der Waals surface area contributed by atoms with E-state index in [9.17, 15) is 4.79 Å². The maximum atomic E-state index is 11.8. The van der Waals surface area contributed by atoms with Crippen LogP contribution in [0.4, 0.5) is 5.69 Å². The van der Waals surface area contributed by atoms with Crippen molar-refractivity contribution >= 4 is 40.9 Å².